The number of carbonyl (C=O) groups is 1. The van der Waals surface area contributed by atoms with E-state index in [9.17, 15) is 10.1 Å². The van der Waals surface area contributed by atoms with Crippen molar-refractivity contribution in [1.29, 1.82) is 10.7 Å². The highest BCUT2D eigenvalue weighted by molar-refractivity contribution is 7.16. The van der Waals surface area contributed by atoms with Gasteiger partial charge in [0.1, 0.15) is 22.6 Å². The van der Waals surface area contributed by atoms with Crippen molar-refractivity contribution in [3.63, 3.8) is 0 Å². The highest BCUT2D eigenvalue weighted by Crippen LogP contribution is 2.45. The number of piperazine rings is 1. The summed E-state index contributed by atoms with van der Waals surface area (Å²) in [6.45, 7) is 11.8. The molecule has 0 spiro atoms. The maximum absolute atomic E-state index is 13.9. The quantitative estimate of drug-likeness (QED) is 0.199. The summed E-state index contributed by atoms with van der Waals surface area (Å²) in [6, 6.07) is 4.21. The second kappa shape index (κ2) is 13.5. The molecular formula is C30H44N10O2S. The van der Waals surface area contributed by atoms with E-state index in [1.54, 1.807) is 7.11 Å². The van der Waals surface area contributed by atoms with Crippen LogP contribution in [0.25, 0.3) is 0 Å². The van der Waals surface area contributed by atoms with Gasteiger partial charge in [0.15, 0.2) is 5.84 Å². The number of nitrogens with two attached hydrogens (primary N) is 1. The van der Waals surface area contributed by atoms with Crippen LogP contribution in [0, 0.1) is 16.7 Å². The third kappa shape index (κ3) is 6.62. The number of nitriles is 1. The minimum absolute atomic E-state index is 0.0660. The second-order valence-electron chi connectivity index (χ2n) is 12.0. The Labute approximate surface area is 258 Å². The normalized spacial score (nSPS) is 22.9. The van der Waals surface area contributed by atoms with Crippen LogP contribution in [0.15, 0.2) is 6.07 Å². The molecule has 2 fully saturated rings. The Morgan fingerprint density at radius 1 is 1.30 bits per heavy atom. The van der Waals surface area contributed by atoms with Gasteiger partial charge in [-0.2, -0.15) is 10.2 Å². The topological polar surface area (TPSA) is 160 Å². The zero-order chi connectivity index (χ0) is 30.6. The number of amides is 1. The number of nitrogens with zero attached hydrogens (tertiary/aromatic N) is 6. The van der Waals surface area contributed by atoms with Gasteiger partial charge in [0.25, 0.3) is 0 Å². The van der Waals surface area contributed by atoms with Gasteiger partial charge in [-0.3, -0.25) is 10.2 Å². The van der Waals surface area contributed by atoms with Crippen LogP contribution in [-0.4, -0.2) is 98.7 Å². The van der Waals surface area contributed by atoms with Gasteiger partial charge in [-0.05, 0) is 52.5 Å². The van der Waals surface area contributed by atoms with Gasteiger partial charge in [-0.1, -0.05) is 0 Å². The average Bonchev–Trinajstić information content (AvgIpc) is 3.23. The van der Waals surface area contributed by atoms with Crippen LogP contribution in [0.2, 0.25) is 0 Å². The minimum Gasteiger partial charge on any atom is -0.389 e. The number of nitrogen functional groups attached to an aromatic ring is 1. The monoisotopic (exact) mass is 608 g/mol. The Kier molecular flexibility index (Phi) is 9.81. The van der Waals surface area contributed by atoms with Crippen molar-refractivity contribution < 1.29 is 9.53 Å². The molecule has 13 heteroatoms. The maximum Gasteiger partial charge on any atom is 0.236 e. The van der Waals surface area contributed by atoms with Crippen LogP contribution in [-0.2, 0) is 21.4 Å². The Bertz CT molecular complexity index is 1370. The van der Waals surface area contributed by atoms with E-state index in [-0.39, 0.29) is 17.8 Å². The molecule has 12 nitrogen and oxygen atoms in total. The van der Waals surface area contributed by atoms with E-state index in [4.69, 9.17) is 25.8 Å². The fourth-order valence-corrected chi connectivity index (χ4v) is 7.74. The molecule has 2 saturated heterocycles. The number of aryl methyl sites for hydroxylation is 1. The molecule has 5 rings (SSSR count). The van der Waals surface area contributed by atoms with E-state index in [1.165, 1.54) is 11.3 Å². The molecule has 1 aliphatic carbocycles. The van der Waals surface area contributed by atoms with E-state index < -0.39 is 5.41 Å². The Morgan fingerprint density at radius 2 is 2.09 bits per heavy atom. The lowest BCUT2D eigenvalue weighted by Gasteiger charge is -2.33. The first kappa shape index (κ1) is 31.1. The summed E-state index contributed by atoms with van der Waals surface area (Å²) in [5.41, 5.74) is 6.69. The van der Waals surface area contributed by atoms with Gasteiger partial charge in [-0.15, -0.1) is 11.3 Å². The van der Waals surface area contributed by atoms with Crippen LogP contribution in [0.3, 0.4) is 0 Å². The maximum atomic E-state index is 13.9. The van der Waals surface area contributed by atoms with Gasteiger partial charge in [0, 0.05) is 82.1 Å². The lowest BCUT2D eigenvalue weighted by atomic mass is 9.72. The van der Waals surface area contributed by atoms with Crippen LogP contribution < -0.4 is 26.2 Å². The Balaban J connectivity index is 1.41. The first-order valence-corrected chi connectivity index (χ1v) is 16.1. The third-order valence-electron chi connectivity index (χ3n) is 8.90. The summed E-state index contributed by atoms with van der Waals surface area (Å²) in [6.07, 6.45) is 4.17. The molecule has 0 unspecified atom stereocenters. The summed E-state index contributed by atoms with van der Waals surface area (Å²) >= 11 is 1.39. The second-order valence-corrected chi connectivity index (χ2v) is 13.1. The summed E-state index contributed by atoms with van der Waals surface area (Å²) < 4.78 is 5.25. The number of ether oxygens (including phenoxy) is 1. The fourth-order valence-electron chi connectivity index (χ4n) is 6.55. The lowest BCUT2D eigenvalue weighted by Crippen LogP contribution is -2.47. The van der Waals surface area contributed by atoms with Gasteiger partial charge < -0.3 is 35.8 Å². The predicted octanol–water partition coefficient (Wildman–Crippen LogP) is 2.07. The molecule has 43 heavy (non-hydrogen) atoms. The SMILES string of the molecule is COCCCN1CCCN(c2nc(C(=N)NC(=O)[C@@]3(C)CCCc4sc(N)c(C#N)c43)cc(N3CCNCC3)n2)[C@@H](C)C1. The van der Waals surface area contributed by atoms with Crippen molar-refractivity contribution in [3.8, 4) is 6.07 Å². The molecule has 2 atom stereocenters. The molecule has 2 aromatic rings. The van der Waals surface area contributed by atoms with E-state index in [0.29, 0.717) is 34.2 Å². The standard InChI is InChI=1S/C30H44N10O2S/c1-20-19-38(12-6-16-42-3)11-5-13-40(20)29-35-22(17-24(36-29)39-14-9-34-10-15-39)26(32)37-28(41)30(2)8-4-7-23-25(30)21(18-31)27(33)43-23/h17,20,34H,4-16,19,33H2,1-3H3,(H2,32,37,41)/t20-,30-/m0/s1. The minimum atomic E-state index is -0.956. The number of amidine groups is 1. The summed E-state index contributed by atoms with van der Waals surface area (Å²) in [7, 11) is 1.74. The summed E-state index contributed by atoms with van der Waals surface area (Å²) in [5, 5.41) is 25.5. The highest BCUT2D eigenvalue weighted by Gasteiger charge is 2.43. The molecule has 2 aliphatic heterocycles. The number of methoxy groups -OCH3 is 1. The molecule has 1 amide bonds. The van der Waals surface area contributed by atoms with Crippen LogP contribution in [0.1, 0.15) is 61.2 Å². The number of hydrogen-bond donors (Lipinski definition) is 4. The molecule has 3 aliphatic rings. The number of rotatable bonds is 8. The van der Waals surface area contributed by atoms with Crippen molar-refractivity contribution in [2.75, 3.05) is 81.6 Å². The summed E-state index contributed by atoms with van der Waals surface area (Å²) in [5.74, 6) is 0.965. The Hall–Kier alpha value is -3.31. The van der Waals surface area contributed by atoms with E-state index in [2.05, 4.69) is 38.3 Å². The first-order chi connectivity index (χ1) is 20.7. The molecule has 4 heterocycles. The van der Waals surface area contributed by atoms with Crippen molar-refractivity contribution in [2.45, 2.75) is 57.4 Å². The van der Waals surface area contributed by atoms with E-state index in [1.807, 2.05) is 13.0 Å². The van der Waals surface area contributed by atoms with Crippen molar-refractivity contribution in [1.82, 2.24) is 25.5 Å². The molecule has 0 saturated carbocycles. The number of carbonyl (C=O) groups excluding carboxylic acids is 1. The smallest absolute Gasteiger partial charge is 0.236 e. The van der Waals surface area contributed by atoms with Gasteiger partial charge in [-0.25, -0.2) is 4.98 Å². The fraction of sp³-hybridized carbons (Fsp3) is 0.633. The zero-order valence-electron chi connectivity index (χ0n) is 25.5. The van der Waals surface area contributed by atoms with Crippen LogP contribution >= 0.6 is 11.3 Å². The molecule has 0 radical (unpaired) electrons. The summed E-state index contributed by atoms with van der Waals surface area (Å²) in [4.78, 5) is 31.7. The lowest BCUT2D eigenvalue weighted by molar-refractivity contribution is -0.125. The highest BCUT2D eigenvalue weighted by atomic mass is 32.1. The van der Waals surface area contributed by atoms with Crippen LogP contribution in [0.4, 0.5) is 16.8 Å². The van der Waals surface area contributed by atoms with Crippen molar-refractivity contribution in [3.05, 3.63) is 27.8 Å². The number of aromatic nitrogens is 2. The van der Waals surface area contributed by atoms with Crippen molar-refractivity contribution in [2.24, 2.45) is 0 Å². The van der Waals surface area contributed by atoms with Crippen LogP contribution in [0.5, 0.6) is 0 Å². The van der Waals surface area contributed by atoms with E-state index >= 15 is 0 Å². The molecule has 232 valence electrons. The number of hydrogen-bond acceptors (Lipinski definition) is 12. The van der Waals surface area contributed by atoms with Gasteiger partial charge in [0.2, 0.25) is 11.9 Å². The molecule has 5 N–H and O–H groups in total. The first-order valence-electron chi connectivity index (χ1n) is 15.3. The Morgan fingerprint density at radius 3 is 2.84 bits per heavy atom. The number of anilines is 3. The van der Waals surface area contributed by atoms with Crippen molar-refractivity contribution >= 4 is 39.8 Å². The largest absolute Gasteiger partial charge is 0.389 e. The molecule has 0 aromatic carbocycles. The zero-order valence-corrected chi connectivity index (χ0v) is 26.4. The number of thiophene rings is 1. The number of nitrogens with one attached hydrogen (secondary N) is 3. The molecule has 2 aromatic heterocycles. The van der Waals surface area contributed by atoms with E-state index in [0.717, 1.165) is 95.3 Å². The predicted molar refractivity (Wildman–Crippen MR) is 170 cm³/mol. The van der Waals surface area contributed by atoms with Gasteiger partial charge in [0.05, 0.1) is 11.0 Å². The number of fused-ring (bicyclic) bond motifs is 1. The van der Waals surface area contributed by atoms with Gasteiger partial charge >= 0.3 is 0 Å². The molecular weight excluding hydrogens is 564 g/mol. The average molecular weight is 609 g/mol. The third-order valence-corrected chi connectivity index (χ3v) is 9.98. The molecule has 0 bridgehead atoms.